The van der Waals surface area contributed by atoms with E-state index < -0.39 is 36.1 Å². The fraction of sp³-hybridized carbons (Fsp3) is 0.296. The molecular weight excluding hydrogens is 565 g/mol. The number of pyridine rings is 1. The number of aromatic nitrogens is 1. The van der Waals surface area contributed by atoms with E-state index in [0.717, 1.165) is 32.2 Å². The van der Waals surface area contributed by atoms with Gasteiger partial charge in [0.25, 0.3) is 5.91 Å². The number of benzene rings is 2. The number of carbonyl (C=O) groups is 4. The van der Waals surface area contributed by atoms with Gasteiger partial charge in [0.05, 0.1) is 11.9 Å². The number of ether oxygens (including phenoxy) is 1. The molecule has 0 aliphatic carbocycles. The minimum absolute atomic E-state index is 0.0895. The highest BCUT2D eigenvalue weighted by Gasteiger charge is 2.40. The molecule has 12 nitrogen and oxygen atoms in total. The molecule has 3 amide bonds. The number of hydrogen-bond acceptors (Lipinski definition) is 7. The Balaban J connectivity index is 0.000000616. The van der Waals surface area contributed by atoms with Crippen molar-refractivity contribution in [3.05, 3.63) is 71.4 Å². The lowest BCUT2D eigenvalue weighted by molar-refractivity contribution is -0.192. The molecule has 1 atom stereocenters. The summed E-state index contributed by atoms with van der Waals surface area (Å²) in [5.74, 6) is -3.53. The third-order valence-electron chi connectivity index (χ3n) is 6.14. The second-order valence-electron chi connectivity index (χ2n) is 9.13. The third-order valence-corrected chi connectivity index (χ3v) is 6.14. The van der Waals surface area contributed by atoms with Crippen molar-refractivity contribution in [3.8, 4) is 5.75 Å². The minimum atomic E-state index is -5.08. The van der Waals surface area contributed by atoms with Crippen LogP contribution in [-0.2, 0) is 27.4 Å². The van der Waals surface area contributed by atoms with E-state index in [2.05, 4.69) is 4.98 Å². The maximum Gasteiger partial charge on any atom is 0.490 e. The minimum Gasteiger partial charge on any atom is -0.489 e. The van der Waals surface area contributed by atoms with E-state index in [1.807, 2.05) is 37.3 Å². The number of hydroxylamine groups is 1. The average molecular weight is 593 g/mol. The molecule has 0 unspecified atom stereocenters. The van der Waals surface area contributed by atoms with Gasteiger partial charge in [-0.15, -0.1) is 0 Å². The Morgan fingerprint density at radius 2 is 1.71 bits per heavy atom. The van der Waals surface area contributed by atoms with Crippen molar-refractivity contribution in [2.75, 3.05) is 6.54 Å². The van der Waals surface area contributed by atoms with Crippen LogP contribution in [0.4, 0.5) is 18.0 Å². The molecule has 42 heavy (non-hydrogen) atoms. The van der Waals surface area contributed by atoms with Gasteiger partial charge in [-0.2, -0.15) is 13.2 Å². The number of nitrogens with one attached hydrogen (secondary N) is 1. The number of aryl methyl sites for hydroxylation is 1. The molecule has 1 aliphatic rings. The lowest BCUT2D eigenvalue weighted by atomic mass is 10.1. The molecule has 224 valence electrons. The Hall–Kier alpha value is -4.92. The number of carbonyl (C=O) groups excluding carboxylic acids is 2. The van der Waals surface area contributed by atoms with Gasteiger partial charge in [0.15, 0.2) is 0 Å². The Morgan fingerprint density at radius 1 is 1.07 bits per heavy atom. The van der Waals surface area contributed by atoms with Crippen molar-refractivity contribution in [2.24, 2.45) is 0 Å². The van der Waals surface area contributed by atoms with Gasteiger partial charge >= 0.3 is 18.2 Å². The first-order chi connectivity index (χ1) is 19.8. The first-order valence-corrected chi connectivity index (χ1v) is 12.4. The molecule has 4 N–H and O–H groups in total. The summed E-state index contributed by atoms with van der Waals surface area (Å²) in [6, 6.07) is 15.7. The van der Waals surface area contributed by atoms with Crippen LogP contribution < -0.4 is 10.2 Å². The van der Waals surface area contributed by atoms with E-state index in [1.165, 1.54) is 5.48 Å². The number of para-hydroxylation sites is 1. The SMILES string of the molecule is Cc1cc(COc2ccc(CC(=O)N3[C@@H](C(=O)NO)CCCN3C(=O)O)cc2)c2ccccc2n1.O=C(O)C(F)(F)F. The number of halogens is 3. The summed E-state index contributed by atoms with van der Waals surface area (Å²) in [4.78, 5) is 50.1. The summed E-state index contributed by atoms with van der Waals surface area (Å²) in [5, 5.41) is 28.4. The van der Waals surface area contributed by atoms with Crippen molar-refractivity contribution in [2.45, 2.75) is 45.0 Å². The molecule has 0 saturated carbocycles. The highest BCUT2D eigenvalue weighted by molar-refractivity contribution is 5.89. The normalized spacial score (nSPS) is 14.9. The van der Waals surface area contributed by atoms with Crippen LogP contribution in [0.3, 0.4) is 0 Å². The van der Waals surface area contributed by atoms with Gasteiger partial charge in [0, 0.05) is 23.2 Å². The average Bonchev–Trinajstić information content (AvgIpc) is 2.95. The molecule has 2 heterocycles. The number of nitrogens with zero attached hydrogens (tertiary/aromatic N) is 3. The predicted molar refractivity (Wildman–Crippen MR) is 139 cm³/mol. The zero-order chi connectivity index (χ0) is 31.0. The van der Waals surface area contributed by atoms with E-state index >= 15 is 0 Å². The predicted octanol–water partition coefficient (Wildman–Crippen LogP) is 3.69. The topological polar surface area (TPSA) is 170 Å². The van der Waals surface area contributed by atoms with Crippen LogP contribution >= 0.6 is 0 Å². The Labute approximate surface area is 236 Å². The summed E-state index contributed by atoms with van der Waals surface area (Å²) in [7, 11) is 0. The van der Waals surface area contributed by atoms with Gasteiger partial charge in [-0.3, -0.25) is 19.8 Å². The zero-order valence-corrected chi connectivity index (χ0v) is 22.2. The Morgan fingerprint density at radius 3 is 2.31 bits per heavy atom. The van der Waals surface area contributed by atoms with Gasteiger partial charge < -0.3 is 14.9 Å². The molecule has 0 spiro atoms. The molecule has 0 radical (unpaired) electrons. The summed E-state index contributed by atoms with van der Waals surface area (Å²) < 4.78 is 37.7. The lowest BCUT2D eigenvalue weighted by Gasteiger charge is -2.41. The van der Waals surface area contributed by atoms with E-state index in [4.69, 9.17) is 19.8 Å². The van der Waals surface area contributed by atoms with Gasteiger partial charge in [-0.05, 0) is 49.6 Å². The standard InChI is InChI=1S/C25H26N4O6.C2HF3O2/c1-16-13-18(20-5-2-3-6-21(20)26-16)15-35-19-10-8-17(9-11-19)14-23(30)29-22(24(31)27-34)7-4-12-28(29)25(32)33;3-2(4,5)1(6)7/h2-3,5-6,8-11,13,22,34H,4,7,12,14-15H2,1H3,(H,27,31)(H,32,33);(H,6,7)/t22-;/m1./s1. The van der Waals surface area contributed by atoms with Gasteiger partial charge in [0.1, 0.15) is 18.4 Å². The number of amides is 3. The third kappa shape index (κ3) is 8.06. The largest absolute Gasteiger partial charge is 0.490 e. The summed E-state index contributed by atoms with van der Waals surface area (Å²) in [6.07, 6.45) is -5.89. The highest BCUT2D eigenvalue weighted by atomic mass is 19.4. The number of carboxylic acid groups (broad SMARTS) is 2. The zero-order valence-electron chi connectivity index (χ0n) is 22.2. The summed E-state index contributed by atoms with van der Waals surface area (Å²) in [6.45, 7) is 2.37. The number of fused-ring (bicyclic) bond motifs is 1. The number of hydrogen-bond donors (Lipinski definition) is 4. The monoisotopic (exact) mass is 592 g/mol. The quantitative estimate of drug-likeness (QED) is 0.246. The van der Waals surface area contributed by atoms with E-state index in [-0.39, 0.29) is 19.4 Å². The first kappa shape index (κ1) is 31.6. The molecular formula is C27H27F3N4O8. The lowest BCUT2D eigenvalue weighted by Crippen LogP contribution is -2.61. The number of carboxylic acids is 1. The molecule has 3 aromatic rings. The fourth-order valence-corrected chi connectivity index (χ4v) is 4.28. The number of aliphatic carboxylic acids is 1. The van der Waals surface area contributed by atoms with Crippen LogP contribution in [0.25, 0.3) is 10.9 Å². The van der Waals surface area contributed by atoms with Crippen molar-refractivity contribution in [3.63, 3.8) is 0 Å². The van der Waals surface area contributed by atoms with Gasteiger partial charge in [-0.1, -0.05) is 30.3 Å². The van der Waals surface area contributed by atoms with Crippen LogP contribution in [0, 0.1) is 6.92 Å². The van der Waals surface area contributed by atoms with Crippen LogP contribution in [0.5, 0.6) is 5.75 Å². The second-order valence-corrected chi connectivity index (χ2v) is 9.13. The van der Waals surface area contributed by atoms with Crippen molar-refractivity contribution in [1.29, 1.82) is 0 Å². The van der Waals surface area contributed by atoms with Gasteiger partial charge in [-0.25, -0.2) is 25.1 Å². The van der Waals surface area contributed by atoms with E-state index in [1.54, 1.807) is 24.3 Å². The van der Waals surface area contributed by atoms with Crippen molar-refractivity contribution >= 4 is 34.8 Å². The van der Waals surface area contributed by atoms with Crippen molar-refractivity contribution in [1.82, 2.24) is 20.5 Å². The smallest absolute Gasteiger partial charge is 0.489 e. The number of alkyl halides is 3. The highest BCUT2D eigenvalue weighted by Crippen LogP contribution is 2.23. The van der Waals surface area contributed by atoms with Crippen LogP contribution in [0.2, 0.25) is 0 Å². The Bertz CT molecular complexity index is 1450. The second kappa shape index (κ2) is 13.6. The van der Waals surface area contributed by atoms with Crippen LogP contribution in [0.15, 0.2) is 54.6 Å². The molecule has 15 heteroatoms. The molecule has 1 saturated heterocycles. The summed E-state index contributed by atoms with van der Waals surface area (Å²) >= 11 is 0. The molecule has 1 aliphatic heterocycles. The van der Waals surface area contributed by atoms with Crippen molar-refractivity contribution < 1.29 is 52.5 Å². The van der Waals surface area contributed by atoms with E-state index in [9.17, 15) is 32.7 Å². The molecule has 4 rings (SSSR count). The summed E-state index contributed by atoms with van der Waals surface area (Å²) in [5.41, 5.74) is 4.97. The number of hydrazine groups is 1. The molecule has 0 bridgehead atoms. The maximum atomic E-state index is 13.0. The van der Waals surface area contributed by atoms with E-state index in [0.29, 0.717) is 24.3 Å². The Kier molecular flexibility index (Phi) is 10.3. The molecule has 1 fully saturated rings. The molecule has 1 aromatic heterocycles. The van der Waals surface area contributed by atoms with Crippen LogP contribution in [0.1, 0.15) is 29.7 Å². The first-order valence-electron chi connectivity index (χ1n) is 12.4. The maximum absolute atomic E-state index is 13.0. The fourth-order valence-electron chi connectivity index (χ4n) is 4.28. The molecule has 2 aromatic carbocycles. The number of rotatable bonds is 6. The van der Waals surface area contributed by atoms with Gasteiger partial charge in [0.2, 0.25) is 5.91 Å². The van der Waals surface area contributed by atoms with Crippen LogP contribution in [-0.4, -0.2) is 73.1 Å².